The second-order valence-electron chi connectivity index (χ2n) is 4.32. The standard InChI is InChI=1S/C14H17F2NO3/c1-3-5-11(14(19)20-2)17-12(18)8-9-6-4-7-10(15)13(9)16/h4,6-7,11H,3,5,8H2,1-2H3,(H,17,18). The molecule has 0 radical (unpaired) electrons. The maximum absolute atomic E-state index is 13.4. The molecule has 1 amide bonds. The lowest BCUT2D eigenvalue weighted by molar-refractivity contribution is -0.145. The molecule has 0 heterocycles. The summed E-state index contributed by atoms with van der Waals surface area (Å²) in [5.74, 6) is -3.17. The largest absolute Gasteiger partial charge is 0.467 e. The van der Waals surface area contributed by atoms with Crippen molar-refractivity contribution in [1.82, 2.24) is 5.32 Å². The minimum atomic E-state index is -1.05. The number of esters is 1. The highest BCUT2D eigenvalue weighted by Crippen LogP contribution is 2.12. The number of hydrogen-bond donors (Lipinski definition) is 1. The van der Waals surface area contributed by atoms with Crippen LogP contribution in [0.5, 0.6) is 0 Å². The average Bonchev–Trinajstić information content (AvgIpc) is 2.42. The van der Waals surface area contributed by atoms with Gasteiger partial charge in [-0.1, -0.05) is 25.5 Å². The molecule has 0 bridgehead atoms. The van der Waals surface area contributed by atoms with Crippen LogP contribution in [0.25, 0.3) is 0 Å². The van der Waals surface area contributed by atoms with Crippen molar-refractivity contribution in [3.8, 4) is 0 Å². The molecule has 0 aliphatic carbocycles. The van der Waals surface area contributed by atoms with Crippen molar-refractivity contribution >= 4 is 11.9 Å². The van der Waals surface area contributed by atoms with Gasteiger partial charge in [-0.25, -0.2) is 13.6 Å². The third-order valence-corrected chi connectivity index (χ3v) is 2.78. The molecule has 0 aromatic heterocycles. The van der Waals surface area contributed by atoms with Gasteiger partial charge in [-0.3, -0.25) is 4.79 Å². The smallest absolute Gasteiger partial charge is 0.328 e. The zero-order valence-corrected chi connectivity index (χ0v) is 11.4. The van der Waals surface area contributed by atoms with Gasteiger partial charge in [0.2, 0.25) is 5.91 Å². The van der Waals surface area contributed by atoms with Gasteiger partial charge >= 0.3 is 5.97 Å². The topological polar surface area (TPSA) is 55.4 Å². The van der Waals surface area contributed by atoms with Crippen molar-refractivity contribution in [2.45, 2.75) is 32.2 Å². The molecule has 1 atom stereocenters. The maximum Gasteiger partial charge on any atom is 0.328 e. The molecule has 1 aromatic rings. The molecule has 0 spiro atoms. The first-order valence-corrected chi connectivity index (χ1v) is 6.29. The molecule has 0 fully saturated rings. The number of halogens is 2. The number of nitrogens with one attached hydrogen (secondary N) is 1. The van der Waals surface area contributed by atoms with E-state index in [-0.39, 0.29) is 12.0 Å². The first-order valence-electron chi connectivity index (χ1n) is 6.29. The van der Waals surface area contributed by atoms with Crippen LogP contribution in [0, 0.1) is 11.6 Å². The van der Waals surface area contributed by atoms with Gasteiger partial charge < -0.3 is 10.1 Å². The Labute approximate surface area is 116 Å². The van der Waals surface area contributed by atoms with Gasteiger partial charge in [0.1, 0.15) is 6.04 Å². The van der Waals surface area contributed by atoms with Gasteiger partial charge in [-0.2, -0.15) is 0 Å². The number of hydrogen-bond acceptors (Lipinski definition) is 3. The van der Waals surface area contributed by atoms with Crippen LogP contribution in [0.1, 0.15) is 25.3 Å². The Bertz CT molecular complexity index is 491. The summed E-state index contributed by atoms with van der Waals surface area (Å²) in [6.45, 7) is 1.86. The minimum Gasteiger partial charge on any atom is -0.467 e. The number of rotatable bonds is 6. The summed E-state index contributed by atoms with van der Waals surface area (Å²) in [4.78, 5) is 23.2. The van der Waals surface area contributed by atoms with Crippen LogP contribution >= 0.6 is 0 Å². The fourth-order valence-electron chi connectivity index (χ4n) is 1.78. The first-order chi connectivity index (χ1) is 9.49. The Morgan fingerprint density at radius 2 is 2.05 bits per heavy atom. The Hall–Kier alpha value is -1.98. The Morgan fingerprint density at radius 1 is 1.35 bits per heavy atom. The number of amides is 1. The first kappa shape index (κ1) is 16.1. The summed E-state index contributed by atoms with van der Waals surface area (Å²) in [7, 11) is 1.23. The third kappa shape index (κ3) is 4.29. The lowest BCUT2D eigenvalue weighted by atomic mass is 10.1. The van der Waals surface area contributed by atoms with E-state index in [1.54, 1.807) is 0 Å². The average molecular weight is 285 g/mol. The molecule has 1 N–H and O–H groups in total. The van der Waals surface area contributed by atoms with E-state index in [1.807, 2.05) is 6.92 Å². The highest BCUT2D eigenvalue weighted by molar-refractivity contribution is 5.85. The fraction of sp³-hybridized carbons (Fsp3) is 0.429. The summed E-state index contributed by atoms with van der Waals surface area (Å²) in [6.07, 6.45) is 0.763. The number of carbonyl (C=O) groups is 2. The number of carbonyl (C=O) groups excluding carboxylic acids is 2. The SMILES string of the molecule is CCCC(NC(=O)Cc1cccc(F)c1F)C(=O)OC. The van der Waals surface area contributed by atoms with Crippen molar-refractivity contribution in [1.29, 1.82) is 0 Å². The second kappa shape index (κ2) is 7.57. The molecule has 0 saturated carbocycles. The van der Waals surface area contributed by atoms with Crippen LogP contribution < -0.4 is 5.32 Å². The van der Waals surface area contributed by atoms with Gasteiger partial charge in [0.15, 0.2) is 11.6 Å². The highest BCUT2D eigenvalue weighted by Gasteiger charge is 2.21. The van der Waals surface area contributed by atoms with Crippen LogP contribution in [0.3, 0.4) is 0 Å². The lowest BCUT2D eigenvalue weighted by Gasteiger charge is -2.15. The van der Waals surface area contributed by atoms with Crippen LogP contribution in [0.2, 0.25) is 0 Å². The maximum atomic E-state index is 13.4. The molecule has 4 nitrogen and oxygen atoms in total. The Morgan fingerprint density at radius 3 is 2.65 bits per heavy atom. The lowest BCUT2D eigenvalue weighted by Crippen LogP contribution is -2.42. The summed E-state index contributed by atoms with van der Waals surface area (Å²) in [5, 5.41) is 2.46. The number of ether oxygens (including phenoxy) is 1. The van der Waals surface area contributed by atoms with E-state index in [2.05, 4.69) is 10.1 Å². The van der Waals surface area contributed by atoms with Crippen molar-refractivity contribution in [3.05, 3.63) is 35.4 Å². The predicted octanol–water partition coefficient (Wildman–Crippen LogP) is 1.97. The molecular weight excluding hydrogens is 268 g/mol. The van der Waals surface area contributed by atoms with Crippen molar-refractivity contribution < 1.29 is 23.1 Å². The fourth-order valence-corrected chi connectivity index (χ4v) is 1.78. The van der Waals surface area contributed by atoms with Crippen molar-refractivity contribution in [2.75, 3.05) is 7.11 Å². The number of methoxy groups -OCH3 is 1. The zero-order valence-electron chi connectivity index (χ0n) is 11.4. The molecule has 1 rings (SSSR count). The summed E-state index contributed by atoms with van der Waals surface area (Å²) >= 11 is 0. The summed E-state index contributed by atoms with van der Waals surface area (Å²) in [5.41, 5.74) is -0.0531. The Kier molecular flexibility index (Phi) is 6.09. The van der Waals surface area contributed by atoms with Gasteiger partial charge in [0.05, 0.1) is 13.5 Å². The third-order valence-electron chi connectivity index (χ3n) is 2.78. The van der Waals surface area contributed by atoms with E-state index in [0.717, 1.165) is 6.07 Å². The predicted molar refractivity (Wildman–Crippen MR) is 68.9 cm³/mol. The molecule has 6 heteroatoms. The summed E-state index contributed by atoms with van der Waals surface area (Å²) in [6, 6.07) is 2.86. The number of benzene rings is 1. The van der Waals surface area contributed by atoms with E-state index in [9.17, 15) is 18.4 Å². The molecule has 1 aromatic carbocycles. The zero-order chi connectivity index (χ0) is 15.1. The van der Waals surface area contributed by atoms with Crippen molar-refractivity contribution in [2.24, 2.45) is 0 Å². The van der Waals surface area contributed by atoms with Crippen LogP contribution in [-0.4, -0.2) is 25.0 Å². The van der Waals surface area contributed by atoms with E-state index in [1.165, 1.54) is 19.2 Å². The highest BCUT2D eigenvalue weighted by atomic mass is 19.2. The molecular formula is C14H17F2NO3. The van der Waals surface area contributed by atoms with Gasteiger partial charge in [0.25, 0.3) is 0 Å². The van der Waals surface area contributed by atoms with E-state index in [4.69, 9.17) is 0 Å². The second-order valence-corrected chi connectivity index (χ2v) is 4.32. The monoisotopic (exact) mass is 285 g/mol. The molecule has 0 aliphatic rings. The minimum absolute atomic E-state index is 0.0531. The summed E-state index contributed by atoms with van der Waals surface area (Å²) < 4.78 is 31.0. The van der Waals surface area contributed by atoms with E-state index in [0.29, 0.717) is 12.8 Å². The molecule has 0 aliphatic heterocycles. The van der Waals surface area contributed by atoms with Crippen LogP contribution in [0.15, 0.2) is 18.2 Å². The normalized spacial score (nSPS) is 11.8. The van der Waals surface area contributed by atoms with Gasteiger partial charge in [-0.15, -0.1) is 0 Å². The Balaban J connectivity index is 2.70. The van der Waals surface area contributed by atoms with E-state index >= 15 is 0 Å². The molecule has 1 unspecified atom stereocenters. The quantitative estimate of drug-likeness (QED) is 0.813. The molecule has 110 valence electrons. The van der Waals surface area contributed by atoms with Gasteiger partial charge in [-0.05, 0) is 12.5 Å². The van der Waals surface area contributed by atoms with Crippen molar-refractivity contribution in [3.63, 3.8) is 0 Å². The van der Waals surface area contributed by atoms with E-state index < -0.39 is 29.6 Å². The molecule has 0 saturated heterocycles. The van der Waals surface area contributed by atoms with Crippen LogP contribution in [-0.2, 0) is 20.7 Å². The van der Waals surface area contributed by atoms with Gasteiger partial charge in [0, 0.05) is 5.56 Å². The molecule has 20 heavy (non-hydrogen) atoms. The van der Waals surface area contributed by atoms with Crippen LogP contribution in [0.4, 0.5) is 8.78 Å².